The largest absolute Gasteiger partial charge is 0.324 e. The van der Waals surface area contributed by atoms with E-state index in [0.29, 0.717) is 18.3 Å². The van der Waals surface area contributed by atoms with Gasteiger partial charge in [-0.05, 0) is 73.2 Å². The summed E-state index contributed by atoms with van der Waals surface area (Å²) in [5.74, 6) is -0.366. The molecule has 0 aliphatic carbocycles. The van der Waals surface area contributed by atoms with Crippen LogP contribution in [0.25, 0.3) is 5.69 Å². The number of aromatic nitrogens is 1. The third kappa shape index (κ3) is 10.1. The first-order valence-corrected chi connectivity index (χ1v) is 11.7. The number of aryl methyl sites for hydroxylation is 2. The summed E-state index contributed by atoms with van der Waals surface area (Å²) in [5.41, 5.74) is 4.01. The predicted molar refractivity (Wildman–Crippen MR) is 139 cm³/mol. The van der Waals surface area contributed by atoms with E-state index < -0.39 is 0 Å². The van der Waals surface area contributed by atoms with E-state index in [9.17, 15) is 13.2 Å². The lowest BCUT2D eigenvalue weighted by molar-refractivity contribution is 0.607. The van der Waals surface area contributed by atoms with Crippen molar-refractivity contribution in [1.29, 1.82) is 0 Å². The van der Waals surface area contributed by atoms with Gasteiger partial charge in [0.1, 0.15) is 11.6 Å². The first-order chi connectivity index (χ1) is 16.5. The maximum Gasteiger partial charge on any atom is 0.126 e. The molecule has 3 aromatic rings. The van der Waals surface area contributed by atoms with Gasteiger partial charge in [-0.1, -0.05) is 75.7 Å². The number of rotatable bonds is 7. The van der Waals surface area contributed by atoms with Crippen molar-refractivity contribution in [3.63, 3.8) is 0 Å². The summed E-state index contributed by atoms with van der Waals surface area (Å²) in [5, 5.41) is 0. The van der Waals surface area contributed by atoms with Gasteiger partial charge in [-0.3, -0.25) is 0 Å². The van der Waals surface area contributed by atoms with Crippen LogP contribution in [-0.4, -0.2) is 4.57 Å². The Morgan fingerprint density at radius 1 is 0.882 bits per heavy atom. The molecule has 0 unspecified atom stereocenters. The lowest BCUT2D eigenvalue weighted by Crippen LogP contribution is -1.94. The van der Waals surface area contributed by atoms with Crippen molar-refractivity contribution < 1.29 is 13.2 Å². The van der Waals surface area contributed by atoms with E-state index >= 15 is 0 Å². The van der Waals surface area contributed by atoms with Gasteiger partial charge in [0, 0.05) is 18.1 Å². The summed E-state index contributed by atoms with van der Waals surface area (Å²) in [6.45, 7) is 7.66. The third-order valence-corrected chi connectivity index (χ3v) is 5.04. The van der Waals surface area contributed by atoms with Crippen LogP contribution < -0.4 is 0 Å². The van der Waals surface area contributed by atoms with Crippen LogP contribution in [0.3, 0.4) is 0 Å². The molecule has 0 spiro atoms. The van der Waals surface area contributed by atoms with E-state index in [1.807, 2.05) is 38.1 Å². The molecule has 0 saturated heterocycles. The molecule has 0 fully saturated rings. The maximum absolute atomic E-state index is 12.8. The first-order valence-electron chi connectivity index (χ1n) is 11.7. The van der Waals surface area contributed by atoms with Crippen molar-refractivity contribution >= 4 is 0 Å². The van der Waals surface area contributed by atoms with Crippen LogP contribution in [-0.2, 0) is 12.8 Å². The summed E-state index contributed by atoms with van der Waals surface area (Å²) in [4.78, 5) is 0. The standard InChI is InChI=1S/C12H13N.C9H12F2.C9H11F/c1-2-11-7-3-4-8-12(11)13-9-5-6-10-13;1-3-8(6-5-7-10)9(11)4-2;1-2-5-8-6-3-4-7-9(8)10/h3-10H,2H2,1H3;4-7H,3H2,1-2H3;3-4,6-7H,2,5H2,1H3/b;7-5+,8-6-,9-4+;. The van der Waals surface area contributed by atoms with E-state index in [0.717, 1.165) is 24.8 Å². The second kappa shape index (κ2) is 17.2. The van der Waals surface area contributed by atoms with Crippen LogP contribution in [0.5, 0.6) is 0 Å². The molecule has 1 nitrogen and oxygen atoms in total. The van der Waals surface area contributed by atoms with Crippen molar-refractivity contribution in [1.82, 2.24) is 4.57 Å². The number of halogens is 3. The van der Waals surface area contributed by atoms with Gasteiger partial charge in [0.2, 0.25) is 0 Å². The van der Waals surface area contributed by atoms with Gasteiger partial charge in [-0.2, -0.15) is 0 Å². The molecular weight excluding hydrogens is 431 g/mol. The van der Waals surface area contributed by atoms with Crippen molar-refractivity contribution in [2.45, 2.75) is 53.4 Å². The summed E-state index contributed by atoms with van der Waals surface area (Å²) >= 11 is 0. The van der Waals surface area contributed by atoms with Crippen molar-refractivity contribution in [2.75, 3.05) is 0 Å². The molecule has 3 rings (SSSR count). The Morgan fingerprint density at radius 3 is 2.03 bits per heavy atom. The van der Waals surface area contributed by atoms with E-state index in [1.165, 1.54) is 35.5 Å². The zero-order valence-electron chi connectivity index (χ0n) is 20.6. The Morgan fingerprint density at radius 2 is 1.50 bits per heavy atom. The molecule has 0 aliphatic heterocycles. The van der Waals surface area contributed by atoms with Gasteiger partial charge in [0.05, 0.1) is 6.33 Å². The van der Waals surface area contributed by atoms with Gasteiger partial charge in [0.25, 0.3) is 0 Å². The Kier molecular flexibility index (Phi) is 14.6. The third-order valence-electron chi connectivity index (χ3n) is 5.04. The quantitative estimate of drug-likeness (QED) is 0.305. The number of hydrogen-bond acceptors (Lipinski definition) is 0. The molecule has 0 radical (unpaired) electrons. The van der Waals surface area contributed by atoms with Crippen LogP contribution in [0.15, 0.2) is 109 Å². The van der Waals surface area contributed by atoms with Gasteiger partial charge < -0.3 is 4.57 Å². The Bertz CT molecular complexity index is 1030. The van der Waals surface area contributed by atoms with Crippen molar-refractivity contribution in [2.24, 2.45) is 0 Å². The van der Waals surface area contributed by atoms with E-state index in [1.54, 1.807) is 13.0 Å². The van der Waals surface area contributed by atoms with Crippen LogP contribution in [0, 0.1) is 5.82 Å². The fourth-order valence-electron chi connectivity index (χ4n) is 3.23. The fourth-order valence-corrected chi connectivity index (χ4v) is 3.23. The second-order valence-electron chi connectivity index (χ2n) is 7.41. The van der Waals surface area contributed by atoms with Gasteiger partial charge in [-0.15, -0.1) is 0 Å². The van der Waals surface area contributed by atoms with E-state index in [2.05, 4.69) is 48.1 Å². The Balaban J connectivity index is 0.000000258. The molecule has 2 aromatic carbocycles. The average Bonchev–Trinajstić information content (AvgIpc) is 3.41. The molecule has 0 N–H and O–H groups in total. The molecule has 4 heteroatoms. The first kappa shape index (κ1) is 28.8. The maximum atomic E-state index is 12.8. The van der Waals surface area contributed by atoms with Crippen molar-refractivity contribution in [3.05, 3.63) is 126 Å². The van der Waals surface area contributed by atoms with Gasteiger partial charge in [0.15, 0.2) is 0 Å². The highest BCUT2D eigenvalue weighted by molar-refractivity contribution is 5.41. The predicted octanol–water partition coefficient (Wildman–Crippen LogP) is 9.50. The Hall–Kier alpha value is -3.27. The number of nitrogens with zero attached hydrogens (tertiary/aromatic N) is 1. The summed E-state index contributed by atoms with van der Waals surface area (Å²) < 4.78 is 39.2. The molecule has 0 saturated carbocycles. The summed E-state index contributed by atoms with van der Waals surface area (Å²) in [6, 6.07) is 19.5. The zero-order chi connectivity index (χ0) is 25.2. The van der Waals surface area contributed by atoms with E-state index in [-0.39, 0.29) is 11.6 Å². The smallest absolute Gasteiger partial charge is 0.126 e. The highest BCUT2D eigenvalue weighted by Gasteiger charge is 1.99. The highest BCUT2D eigenvalue weighted by atomic mass is 19.1. The number of allylic oxidation sites excluding steroid dienone is 5. The van der Waals surface area contributed by atoms with Crippen LogP contribution in [0.2, 0.25) is 0 Å². The SMILES string of the molecule is CCCc1ccccc1F.CCc1ccccc1-n1cccc1.C\C=C(F)/C(=C\C=C\F)CC. The summed E-state index contributed by atoms with van der Waals surface area (Å²) in [7, 11) is 0. The molecule has 1 aromatic heterocycles. The van der Waals surface area contributed by atoms with Gasteiger partial charge in [-0.25, -0.2) is 13.2 Å². The zero-order valence-corrected chi connectivity index (χ0v) is 20.6. The number of benzene rings is 2. The minimum absolute atomic E-state index is 0.0793. The number of hydrogen-bond donors (Lipinski definition) is 0. The minimum Gasteiger partial charge on any atom is -0.324 e. The van der Waals surface area contributed by atoms with E-state index in [4.69, 9.17) is 0 Å². The normalized spacial score (nSPS) is 11.5. The molecule has 1 heterocycles. The molecule has 0 amide bonds. The van der Waals surface area contributed by atoms with Crippen LogP contribution in [0.4, 0.5) is 13.2 Å². The number of para-hydroxylation sites is 1. The molecule has 34 heavy (non-hydrogen) atoms. The average molecular weight is 468 g/mol. The van der Waals surface area contributed by atoms with Crippen LogP contribution >= 0.6 is 0 Å². The fraction of sp³-hybridized carbons (Fsp3) is 0.267. The highest BCUT2D eigenvalue weighted by Crippen LogP contribution is 2.15. The molecule has 182 valence electrons. The lowest BCUT2D eigenvalue weighted by atomic mass is 10.1. The molecule has 0 atom stereocenters. The van der Waals surface area contributed by atoms with Crippen molar-refractivity contribution in [3.8, 4) is 5.69 Å². The second-order valence-corrected chi connectivity index (χ2v) is 7.41. The minimum atomic E-state index is -0.286. The van der Waals surface area contributed by atoms with Crippen LogP contribution in [0.1, 0.15) is 51.7 Å². The molecule has 0 aliphatic rings. The molecular formula is C30H36F3N. The van der Waals surface area contributed by atoms with Gasteiger partial charge >= 0.3 is 0 Å². The lowest BCUT2D eigenvalue weighted by Gasteiger charge is -2.07. The monoisotopic (exact) mass is 467 g/mol. The topological polar surface area (TPSA) is 4.93 Å². The Labute approximate surface area is 203 Å². The molecule has 0 bridgehead atoms. The summed E-state index contributed by atoms with van der Waals surface area (Å²) in [6.07, 6.45) is 12.0.